The highest BCUT2D eigenvalue weighted by Gasteiger charge is 2.22. The topological polar surface area (TPSA) is 76.9 Å². The molecule has 1 heterocycles. The van der Waals surface area contributed by atoms with Gasteiger partial charge in [-0.2, -0.15) is 10.2 Å². The molecule has 1 saturated carbocycles. The van der Waals surface area contributed by atoms with Crippen LogP contribution in [0.3, 0.4) is 0 Å². The first kappa shape index (κ1) is 20.1. The molecule has 0 amide bonds. The summed E-state index contributed by atoms with van der Waals surface area (Å²) >= 11 is 0. The van der Waals surface area contributed by atoms with E-state index in [-0.39, 0.29) is 0 Å². The Bertz CT molecular complexity index is 1050. The lowest BCUT2D eigenvalue weighted by Crippen LogP contribution is -2.37. The predicted octanol–water partition coefficient (Wildman–Crippen LogP) is 4.08. The molecule has 3 aromatic rings. The zero-order valence-corrected chi connectivity index (χ0v) is 17.6. The van der Waals surface area contributed by atoms with Gasteiger partial charge in [-0.15, -0.1) is 0 Å². The largest absolute Gasteiger partial charge is 0.362 e. The fourth-order valence-electron chi connectivity index (χ4n) is 4.10. The number of para-hydroxylation sites is 1. The summed E-state index contributed by atoms with van der Waals surface area (Å²) in [5.41, 5.74) is 2.85. The summed E-state index contributed by atoms with van der Waals surface area (Å²) in [6.07, 6.45) is 4.40. The highest BCUT2D eigenvalue weighted by Crippen LogP contribution is 2.26. The van der Waals surface area contributed by atoms with E-state index in [1.165, 1.54) is 0 Å². The van der Waals surface area contributed by atoms with Crippen LogP contribution in [0.2, 0.25) is 0 Å². The van der Waals surface area contributed by atoms with E-state index in [1.807, 2.05) is 55.4 Å². The predicted molar refractivity (Wildman–Crippen MR) is 122 cm³/mol. The smallest absolute Gasteiger partial charge is 0.225 e. The molecule has 6 heteroatoms. The maximum Gasteiger partial charge on any atom is 0.225 e. The molecule has 0 spiro atoms. The van der Waals surface area contributed by atoms with E-state index in [9.17, 15) is 0 Å². The van der Waals surface area contributed by atoms with Crippen molar-refractivity contribution >= 4 is 22.7 Å². The van der Waals surface area contributed by atoms with Gasteiger partial charge in [-0.05, 0) is 55.5 Å². The van der Waals surface area contributed by atoms with Gasteiger partial charge in [0, 0.05) is 38.1 Å². The van der Waals surface area contributed by atoms with Crippen molar-refractivity contribution in [1.29, 1.82) is 5.26 Å². The third kappa shape index (κ3) is 4.69. The van der Waals surface area contributed by atoms with Crippen LogP contribution < -0.4 is 15.5 Å². The van der Waals surface area contributed by atoms with E-state index < -0.39 is 0 Å². The molecule has 0 atom stereocenters. The zero-order valence-electron chi connectivity index (χ0n) is 17.6. The molecule has 154 valence electrons. The van der Waals surface area contributed by atoms with E-state index in [2.05, 4.69) is 28.8 Å². The second-order valence-electron chi connectivity index (χ2n) is 8.17. The molecule has 0 aliphatic heterocycles. The molecule has 0 unspecified atom stereocenters. The van der Waals surface area contributed by atoms with Gasteiger partial charge >= 0.3 is 0 Å². The fraction of sp³-hybridized carbons (Fsp3) is 0.375. The lowest BCUT2D eigenvalue weighted by Gasteiger charge is -2.30. The molecule has 1 aromatic heterocycles. The van der Waals surface area contributed by atoms with Gasteiger partial charge in [-0.3, -0.25) is 0 Å². The van der Waals surface area contributed by atoms with E-state index in [0.717, 1.165) is 60.1 Å². The molecule has 0 saturated heterocycles. The number of hydrogen-bond acceptors (Lipinski definition) is 6. The van der Waals surface area contributed by atoms with Crippen LogP contribution in [0, 0.1) is 11.3 Å². The third-order valence-electron chi connectivity index (χ3n) is 5.72. The summed E-state index contributed by atoms with van der Waals surface area (Å²) in [5.74, 6) is 1.65. The van der Waals surface area contributed by atoms with Crippen molar-refractivity contribution in [1.82, 2.24) is 15.3 Å². The molecule has 2 aromatic carbocycles. The standard InChI is InChI=1S/C24H28N6/c1-30(2)23-21-8-3-4-9-22(21)28-24(29-23)27-20-12-10-19(11-13-20)26-16-18-7-5-6-17(14-18)15-25/h3-9,14,19-20,26H,10-13,16H2,1-2H3,(H,27,28,29). The zero-order chi connectivity index (χ0) is 20.9. The summed E-state index contributed by atoms with van der Waals surface area (Å²) in [4.78, 5) is 11.5. The Balaban J connectivity index is 1.34. The summed E-state index contributed by atoms with van der Waals surface area (Å²) in [7, 11) is 4.03. The molecule has 30 heavy (non-hydrogen) atoms. The van der Waals surface area contributed by atoms with Gasteiger partial charge in [0.1, 0.15) is 5.82 Å². The minimum absolute atomic E-state index is 0.390. The number of fused-ring (bicyclic) bond motifs is 1. The van der Waals surface area contributed by atoms with Crippen molar-refractivity contribution in [3.05, 3.63) is 59.7 Å². The van der Waals surface area contributed by atoms with Gasteiger partial charge in [-0.25, -0.2) is 4.98 Å². The number of anilines is 2. The van der Waals surface area contributed by atoms with E-state index in [1.54, 1.807) is 0 Å². The average molecular weight is 401 g/mol. The van der Waals surface area contributed by atoms with Crippen molar-refractivity contribution < 1.29 is 0 Å². The number of rotatable bonds is 6. The van der Waals surface area contributed by atoms with Crippen LogP contribution in [0.4, 0.5) is 11.8 Å². The van der Waals surface area contributed by atoms with Crippen LogP contribution in [-0.2, 0) is 6.54 Å². The van der Waals surface area contributed by atoms with E-state index in [0.29, 0.717) is 18.0 Å². The number of hydrogen-bond donors (Lipinski definition) is 2. The molecule has 2 N–H and O–H groups in total. The highest BCUT2D eigenvalue weighted by atomic mass is 15.2. The van der Waals surface area contributed by atoms with Gasteiger partial charge in [-0.1, -0.05) is 24.3 Å². The molecule has 4 rings (SSSR count). The Morgan fingerprint density at radius 2 is 1.77 bits per heavy atom. The van der Waals surface area contributed by atoms with Crippen LogP contribution in [0.25, 0.3) is 10.9 Å². The van der Waals surface area contributed by atoms with Crippen molar-refractivity contribution in [2.45, 2.75) is 44.3 Å². The average Bonchev–Trinajstić information content (AvgIpc) is 2.78. The lowest BCUT2D eigenvalue weighted by atomic mass is 9.91. The van der Waals surface area contributed by atoms with Crippen molar-refractivity contribution in [2.24, 2.45) is 0 Å². The Morgan fingerprint density at radius 3 is 2.53 bits per heavy atom. The molecule has 0 bridgehead atoms. The number of nitrogens with one attached hydrogen (secondary N) is 2. The monoisotopic (exact) mass is 400 g/mol. The van der Waals surface area contributed by atoms with E-state index >= 15 is 0 Å². The van der Waals surface area contributed by atoms with Crippen molar-refractivity contribution in [2.75, 3.05) is 24.3 Å². The molecule has 1 fully saturated rings. The van der Waals surface area contributed by atoms with E-state index in [4.69, 9.17) is 15.2 Å². The maximum absolute atomic E-state index is 9.04. The van der Waals surface area contributed by atoms with Gasteiger partial charge in [0.2, 0.25) is 5.95 Å². The van der Waals surface area contributed by atoms with Crippen LogP contribution in [-0.4, -0.2) is 36.1 Å². The third-order valence-corrected chi connectivity index (χ3v) is 5.72. The minimum Gasteiger partial charge on any atom is -0.362 e. The van der Waals surface area contributed by atoms with Crippen molar-refractivity contribution in [3.63, 3.8) is 0 Å². The minimum atomic E-state index is 0.390. The highest BCUT2D eigenvalue weighted by molar-refractivity contribution is 5.90. The Kier molecular flexibility index (Phi) is 6.10. The molecule has 1 aliphatic carbocycles. The molecule has 0 radical (unpaired) electrons. The van der Waals surface area contributed by atoms with Crippen LogP contribution >= 0.6 is 0 Å². The second kappa shape index (κ2) is 9.10. The molecule has 6 nitrogen and oxygen atoms in total. The van der Waals surface area contributed by atoms with Crippen LogP contribution in [0.1, 0.15) is 36.8 Å². The van der Waals surface area contributed by atoms with Crippen molar-refractivity contribution in [3.8, 4) is 6.07 Å². The SMILES string of the molecule is CN(C)c1nc(NC2CCC(NCc3cccc(C#N)c3)CC2)nc2ccccc12. The first-order valence-electron chi connectivity index (χ1n) is 10.6. The molecule has 1 aliphatic rings. The fourth-order valence-corrected chi connectivity index (χ4v) is 4.10. The van der Waals surface area contributed by atoms with Gasteiger partial charge in [0.15, 0.2) is 0 Å². The second-order valence-corrected chi connectivity index (χ2v) is 8.17. The van der Waals surface area contributed by atoms with Gasteiger partial charge in [0.25, 0.3) is 0 Å². The first-order chi connectivity index (χ1) is 14.6. The summed E-state index contributed by atoms with van der Waals surface area (Å²) in [6, 6.07) is 19.1. The normalized spacial score (nSPS) is 18.7. The molecular formula is C24H28N6. The number of benzene rings is 2. The number of nitrogens with zero attached hydrogens (tertiary/aromatic N) is 4. The maximum atomic E-state index is 9.04. The number of nitriles is 1. The van der Waals surface area contributed by atoms with Gasteiger partial charge in [0.05, 0.1) is 17.1 Å². The summed E-state index contributed by atoms with van der Waals surface area (Å²) < 4.78 is 0. The van der Waals surface area contributed by atoms with Gasteiger partial charge < -0.3 is 15.5 Å². The quantitative estimate of drug-likeness (QED) is 0.649. The Labute approximate surface area is 178 Å². The lowest BCUT2D eigenvalue weighted by molar-refractivity contribution is 0.352. The first-order valence-corrected chi connectivity index (χ1v) is 10.6. The number of aromatic nitrogens is 2. The summed E-state index contributed by atoms with van der Waals surface area (Å²) in [6.45, 7) is 0.804. The Morgan fingerprint density at radius 1 is 1.00 bits per heavy atom. The molecular weight excluding hydrogens is 372 g/mol. The van der Waals surface area contributed by atoms with Crippen LogP contribution in [0.15, 0.2) is 48.5 Å². The Hall–Kier alpha value is -3.17. The summed E-state index contributed by atoms with van der Waals surface area (Å²) in [5, 5.41) is 17.3. The van der Waals surface area contributed by atoms with Crippen LogP contribution in [0.5, 0.6) is 0 Å².